The first kappa shape index (κ1) is 13.1. The molecule has 4 nitrogen and oxygen atoms in total. The highest BCUT2D eigenvalue weighted by molar-refractivity contribution is 5.65. The number of amides is 1. The molecule has 0 aliphatic heterocycles. The van der Waals surface area contributed by atoms with Gasteiger partial charge in [-0.25, -0.2) is 4.79 Å². The molecule has 0 aromatic heterocycles. The van der Waals surface area contributed by atoms with Crippen molar-refractivity contribution in [2.75, 3.05) is 0 Å². The third kappa shape index (κ3) is 3.23. The maximum Gasteiger partial charge on any atom is 0.406 e. The molecule has 0 radical (unpaired) electrons. The van der Waals surface area contributed by atoms with Gasteiger partial charge in [0.25, 0.3) is 0 Å². The fourth-order valence-corrected chi connectivity index (χ4v) is 1.75. The summed E-state index contributed by atoms with van der Waals surface area (Å²) in [5, 5.41) is 0. The summed E-state index contributed by atoms with van der Waals surface area (Å²) in [5.74, 6) is 2.39. The van der Waals surface area contributed by atoms with Crippen molar-refractivity contribution >= 4 is 6.09 Å². The van der Waals surface area contributed by atoms with Crippen LogP contribution in [0.1, 0.15) is 23.1 Å². The first-order chi connectivity index (χ1) is 7.87. The number of primary amides is 1. The standard InChI is InChI=1S/C13H16N2O2/c1-4-5-13(15,17-12(14)16)11-7-9(2)6-10(3)8-11/h1,6-8H,5,15H2,2-3H3,(H2,14,16). The smallest absolute Gasteiger partial charge is 0.406 e. The zero-order valence-corrected chi connectivity index (χ0v) is 9.99. The largest absolute Gasteiger partial charge is 0.423 e. The van der Waals surface area contributed by atoms with Crippen molar-refractivity contribution in [3.63, 3.8) is 0 Å². The molecule has 1 unspecified atom stereocenters. The van der Waals surface area contributed by atoms with Gasteiger partial charge in [0.15, 0.2) is 0 Å². The zero-order chi connectivity index (χ0) is 13.1. The second kappa shape index (κ2) is 4.89. The van der Waals surface area contributed by atoms with Gasteiger partial charge in [-0.15, -0.1) is 12.3 Å². The Bertz CT molecular complexity index is 457. The minimum Gasteiger partial charge on any atom is -0.423 e. The van der Waals surface area contributed by atoms with E-state index < -0.39 is 11.8 Å². The van der Waals surface area contributed by atoms with Gasteiger partial charge in [-0.05, 0) is 13.8 Å². The summed E-state index contributed by atoms with van der Waals surface area (Å²) in [4.78, 5) is 10.9. The number of carbonyl (C=O) groups excluding carboxylic acids is 1. The lowest BCUT2D eigenvalue weighted by Crippen LogP contribution is -2.42. The second-order valence-electron chi connectivity index (χ2n) is 4.07. The van der Waals surface area contributed by atoms with Crippen LogP contribution in [0.5, 0.6) is 0 Å². The van der Waals surface area contributed by atoms with Gasteiger partial charge in [-0.3, -0.25) is 5.73 Å². The Hall–Kier alpha value is -1.99. The number of rotatable bonds is 3. The fraction of sp³-hybridized carbons (Fsp3) is 0.308. The summed E-state index contributed by atoms with van der Waals surface area (Å²) in [6, 6.07) is 5.64. The third-order valence-electron chi connectivity index (χ3n) is 2.36. The number of nitrogens with two attached hydrogens (primary N) is 2. The molecular formula is C13H16N2O2. The van der Waals surface area contributed by atoms with Crippen LogP contribution in [-0.2, 0) is 10.5 Å². The quantitative estimate of drug-likeness (QED) is 0.612. The maximum absolute atomic E-state index is 10.9. The van der Waals surface area contributed by atoms with E-state index >= 15 is 0 Å². The van der Waals surface area contributed by atoms with Crippen LogP contribution in [0.15, 0.2) is 18.2 Å². The summed E-state index contributed by atoms with van der Waals surface area (Å²) in [7, 11) is 0. The van der Waals surface area contributed by atoms with Crippen molar-refractivity contribution in [1.29, 1.82) is 0 Å². The molecule has 1 atom stereocenters. The lowest BCUT2D eigenvalue weighted by atomic mass is 9.96. The molecule has 0 spiro atoms. The molecule has 4 N–H and O–H groups in total. The van der Waals surface area contributed by atoms with E-state index in [-0.39, 0.29) is 6.42 Å². The molecule has 4 heteroatoms. The highest BCUT2D eigenvalue weighted by Gasteiger charge is 2.30. The molecule has 1 amide bonds. The molecule has 1 aromatic carbocycles. The van der Waals surface area contributed by atoms with Crippen LogP contribution in [-0.4, -0.2) is 6.09 Å². The van der Waals surface area contributed by atoms with E-state index in [2.05, 4.69) is 5.92 Å². The monoisotopic (exact) mass is 232 g/mol. The van der Waals surface area contributed by atoms with Crippen LogP contribution in [0.25, 0.3) is 0 Å². The van der Waals surface area contributed by atoms with E-state index in [9.17, 15) is 4.79 Å². The highest BCUT2D eigenvalue weighted by Crippen LogP contribution is 2.25. The maximum atomic E-state index is 10.9. The van der Waals surface area contributed by atoms with Crippen LogP contribution in [0, 0.1) is 26.2 Å². The molecule has 1 aromatic rings. The Morgan fingerprint density at radius 2 is 1.94 bits per heavy atom. The lowest BCUT2D eigenvalue weighted by molar-refractivity contribution is 0.0218. The van der Waals surface area contributed by atoms with E-state index in [4.69, 9.17) is 22.6 Å². The topological polar surface area (TPSA) is 78.3 Å². The van der Waals surface area contributed by atoms with Crippen molar-refractivity contribution in [2.45, 2.75) is 26.0 Å². The summed E-state index contributed by atoms with van der Waals surface area (Å²) in [6.45, 7) is 3.86. The van der Waals surface area contributed by atoms with Crippen molar-refractivity contribution < 1.29 is 9.53 Å². The second-order valence-corrected chi connectivity index (χ2v) is 4.07. The minimum atomic E-state index is -1.36. The summed E-state index contributed by atoms with van der Waals surface area (Å²) in [6.07, 6.45) is 4.37. The SMILES string of the molecule is C#CCC(N)(OC(N)=O)c1cc(C)cc(C)c1. The Kier molecular flexibility index (Phi) is 3.77. The van der Waals surface area contributed by atoms with Crippen LogP contribution < -0.4 is 11.5 Å². The van der Waals surface area contributed by atoms with Gasteiger partial charge in [0, 0.05) is 5.56 Å². The number of carbonyl (C=O) groups is 1. The third-order valence-corrected chi connectivity index (χ3v) is 2.36. The molecule has 0 heterocycles. The number of hydrogen-bond acceptors (Lipinski definition) is 3. The predicted molar refractivity (Wildman–Crippen MR) is 65.9 cm³/mol. The van der Waals surface area contributed by atoms with Crippen molar-refractivity contribution in [3.8, 4) is 12.3 Å². The fourth-order valence-electron chi connectivity index (χ4n) is 1.75. The van der Waals surface area contributed by atoms with E-state index in [1.807, 2.05) is 32.0 Å². The van der Waals surface area contributed by atoms with Crippen molar-refractivity contribution in [1.82, 2.24) is 0 Å². The number of terminal acetylenes is 1. The summed E-state index contributed by atoms with van der Waals surface area (Å²) in [5.41, 5.74) is 12.3. The normalized spacial score (nSPS) is 13.5. The van der Waals surface area contributed by atoms with Crippen LogP contribution in [0.4, 0.5) is 4.79 Å². The molecule has 1 rings (SSSR count). The van der Waals surface area contributed by atoms with E-state index in [1.165, 1.54) is 0 Å². The average Bonchev–Trinajstić information content (AvgIpc) is 2.14. The molecule has 90 valence electrons. The van der Waals surface area contributed by atoms with Gasteiger partial charge in [0.2, 0.25) is 5.72 Å². The molecule has 0 bridgehead atoms. The summed E-state index contributed by atoms with van der Waals surface area (Å²) < 4.78 is 4.95. The number of benzene rings is 1. The van der Waals surface area contributed by atoms with Gasteiger partial charge in [-0.1, -0.05) is 29.3 Å². The van der Waals surface area contributed by atoms with Gasteiger partial charge in [0.05, 0.1) is 6.42 Å². The van der Waals surface area contributed by atoms with Gasteiger partial charge >= 0.3 is 6.09 Å². The Morgan fingerprint density at radius 1 is 1.41 bits per heavy atom. The molecular weight excluding hydrogens is 216 g/mol. The molecule has 0 fully saturated rings. The van der Waals surface area contributed by atoms with E-state index in [1.54, 1.807) is 0 Å². The zero-order valence-electron chi connectivity index (χ0n) is 9.99. The highest BCUT2D eigenvalue weighted by atomic mass is 16.6. The van der Waals surface area contributed by atoms with Gasteiger partial charge < -0.3 is 10.5 Å². The number of hydrogen-bond donors (Lipinski definition) is 2. The number of aryl methyl sites for hydroxylation is 2. The predicted octanol–water partition coefficient (Wildman–Crippen LogP) is 1.53. The molecule has 0 saturated heterocycles. The van der Waals surface area contributed by atoms with E-state index in [0.717, 1.165) is 11.1 Å². The minimum absolute atomic E-state index is 0.0683. The van der Waals surface area contributed by atoms with Gasteiger partial charge in [-0.2, -0.15) is 0 Å². The first-order valence-corrected chi connectivity index (χ1v) is 5.17. The van der Waals surface area contributed by atoms with Crippen molar-refractivity contribution in [3.05, 3.63) is 34.9 Å². The summed E-state index contributed by atoms with van der Waals surface area (Å²) >= 11 is 0. The Labute approximate surface area is 101 Å². The van der Waals surface area contributed by atoms with Gasteiger partial charge in [0.1, 0.15) is 0 Å². The molecule has 0 saturated carbocycles. The Balaban J connectivity index is 3.22. The number of ether oxygens (including phenoxy) is 1. The van der Waals surface area contributed by atoms with Crippen LogP contribution >= 0.6 is 0 Å². The van der Waals surface area contributed by atoms with Crippen molar-refractivity contribution in [2.24, 2.45) is 11.5 Å². The Morgan fingerprint density at radius 3 is 2.35 bits per heavy atom. The average molecular weight is 232 g/mol. The molecule has 0 aliphatic rings. The first-order valence-electron chi connectivity index (χ1n) is 5.17. The van der Waals surface area contributed by atoms with Crippen LogP contribution in [0.2, 0.25) is 0 Å². The van der Waals surface area contributed by atoms with Crippen LogP contribution in [0.3, 0.4) is 0 Å². The van der Waals surface area contributed by atoms with E-state index in [0.29, 0.717) is 5.56 Å². The molecule has 17 heavy (non-hydrogen) atoms. The lowest BCUT2D eigenvalue weighted by Gasteiger charge is -2.27. The molecule has 0 aliphatic carbocycles.